The summed E-state index contributed by atoms with van der Waals surface area (Å²) >= 11 is 0. The number of carbonyl (C=O) groups is 2. The van der Waals surface area contributed by atoms with Crippen molar-refractivity contribution in [1.29, 1.82) is 0 Å². The van der Waals surface area contributed by atoms with E-state index in [1.54, 1.807) is 23.6 Å². The Hall–Kier alpha value is -3.52. The Bertz CT molecular complexity index is 1360. The highest BCUT2D eigenvalue weighted by molar-refractivity contribution is 5.90. The lowest BCUT2D eigenvalue weighted by Gasteiger charge is -2.31. The lowest BCUT2D eigenvalue weighted by molar-refractivity contribution is -0.172. The predicted octanol–water partition coefficient (Wildman–Crippen LogP) is 2.22. The third kappa shape index (κ3) is 2.72. The lowest BCUT2D eigenvalue weighted by atomic mass is 9.86. The second kappa shape index (κ2) is 7.27. The van der Waals surface area contributed by atoms with E-state index in [-0.39, 0.29) is 25.2 Å². The maximum Gasteiger partial charge on any atom is 0.343 e. The van der Waals surface area contributed by atoms with Crippen molar-refractivity contribution < 1.29 is 24.2 Å². The fourth-order valence-corrected chi connectivity index (χ4v) is 4.76. The molecular weight excluding hydrogens is 412 g/mol. The highest BCUT2D eigenvalue weighted by Crippen LogP contribution is 2.40. The number of carbonyl (C=O) groups excluding carboxylic acids is 2. The van der Waals surface area contributed by atoms with Crippen LogP contribution in [0.3, 0.4) is 0 Å². The average Bonchev–Trinajstić information content (AvgIpc) is 3.17. The van der Waals surface area contributed by atoms with E-state index in [2.05, 4.69) is 0 Å². The summed E-state index contributed by atoms with van der Waals surface area (Å²) in [5.41, 5.74) is 2.45. The number of rotatable bonds is 5. The summed E-state index contributed by atoms with van der Waals surface area (Å²) in [5, 5.41) is 11.9. The molecule has 164 valence electrons. The van der Waals surface area contributed by atoms with E-state index >= 15 is 0 Å². The summed E-state index contributed by atoms with van der Waals surface area (Å²) in [4.78, 5) is 41.1. The van der Waals surface area contributed by atoms with Crippen molar-refractivity contribution >= 4 is 23.2 Å². The number of pyridine rings is 2. The molecule has 2 aliphatic heterocycles. The fourth-order valence-electron chi connectivity index (χ4n) is 4.76. The zero-order chi connectivity index (χ0) is 22.6. The summed E-state index contributed by atoms with van der Waals surface area (Å²) in [6.07, 6.45) is 1.51. The van der Waals surface area contributed by atoms with E-state index in [1.165, 1.54) is 0 Å². The van der Waals surface area contributed by atoms with Crippen LogP contribution in [0.2, 0.25) is 0 Å². The van der Waals surface area contributed by atoms with Crippen LogP contribution >= 0.6 is 0 Å². The normalized spacial score (nSPS) is 18.7. The van der Waals surface area contributed by atoms with Crippen LogP contribution in [0.15, 0.2) is 29.1 Å². The van der Waals surface area contributed by atoms with Gasteiger partial charge in [0.05, 0.1) is 29.0 Å². The van der Waals surface area contributed by atoms with Gasteiger partial charge in [0.15, 0.2) is 11.9 Å². The van der Waals surface area contributed by atoms with Gasteiger partial charge >= 0.3 is 5.97 Å². The summed E-state index contributed by atoms with van der Waals surface area (Å²) in [5.74, 6) is -0.161. The fraction of sp³-hybridized carbons (Fsp3) is 0.333. The van der Waals surface area contributed by atoms with Gasteiger partial charge < -0.3 is 19.1 Å². The highest BCUT2D eigenvalue weighted by Gasteiger charge is 2.45. The summed E-state index contributed by atoms with van der Waals surface area (Å²) in [6, 6.07) is 7.16. The van der Waals surface area contributed by atoms with Gasteiger partial charge in [0.2, 0.25) is 0 Å². The second-order valence-corrected chi connectivity index (χ2v) is 8.03. The van der Waals surface area contributed by atoms with Gasteiger partial charge in [0.25, 0.3) is 5.56 Å². The Morgan fingerprint density at radius 1 is 1.25 bits per heavy atom. The van der Waals surface area contributed by atoms with Crippen molar-refractivity contribution in [3.8, 4) is 17.1 Å². The molecule has 0 fully saturated rings. The highest BCUT2D eigenvalue weighted by atomic mass is 16.6. The number of hydrogen-bond donors (Lipinski definition) is 1. The molecule has 1 aromatic carbocycles. The number of aromatic nitrogens is 2. The average molecular weight is 434 g/mol. The van der Waals surface area contributed by atoms with Crippen LogP contribution in [0.5, 0.6) is 5.75 Å². The molecule has 0 bridgehead atoms. The second-order valence-electron chi connectivity index (χ2n) is 8.03. The van der Waals surface area contributed by atoms with Crippen molar-refractivity contribution in [1.82, 2.24) is 9.55 Å². The number of aldehydes is 1. The monoisotopic (exact) mass is 434 g/mol. The molecule has 32 heavy (non-hydrogen) atoms. The van der Waals surface area contributed by atoms with Crippen LogP contribution < -0.4 is 10.3 Å². The van der Waals surface area contributed by atoms with E-state index in [0.717, 1.165) is 22.0 Å². The van der Waals surface area contributed by atoms with Crippen LogP contribution in [-0.4, -0.2) is 33.5 Å². The van der Waals surface area contributed by atoms with Crippen LogP contribution in [0.4, 0.5) is 0 Å². The minimum Gasteiger partial charge on any atom is -0.486 e. The molecule has 4 heterocycles. The zero-order valence-electron chi connectivity index (χ0n) is 17.8. The Kier molecular flexibility index (Phi) is 4.63. The number of hydrogen-bond acceptors (Lipinski definition) is 7. The van der Waals surface area contributed by atoms with Gasteiger partial charge in [0, 0.05) is 16.5 Å². The molecule has 0 saturated carbocycles. The lowest BCUT2D eigenvalue weighted by Crippen LogP contribution is -2.44. The Labute approximate surface area is 183 Å². The smallest absolute Gasteiger partial charge is 0.343 e. The van der Waals surface area contributed by atoms with Crippen LogP contribution in [0, 0.1) is 0 Å². The summed E-state index contributed by atoms with van der Waals surface area (Å²) in [6.45, 7) is 3.88. The number of ether oxygens (including phenoxy) is 2. The van der Waals surface area contributed by atoms with Crippen molar-refractivity contribution in [3.63, 3.8) is 0 Å². The minimum absolute atomic E-state index is 0.0289. The third-order valence-corrected chi connectivity index (χ3v) is 6.45. The summed E-state index contributed by atoms with van der Waals surface area (Å²) < 4.78 is 12.2. The van der Waals surface area contributed by atoms with Crippen LogP contribution in [0.1, 0.15) is 42.5 Å². The molecule has 2 aliphatic rings. The first-order chi connectivity index (χ1) is 15.4. The molecule has 0 spiro atoms. The number of fused-ring (bicyclic) bond motifs is 5. The molecular formula is C24H22N2O6. The van der Waals surface area contributed by atoms with Crippen LogP contribution in [0.25, 0.3) is 22.3 Å². The maximum absolute atomic E-state index is 13.3. The minimum atomic E-state index is -1.85. The molecule has 0 radical (unpaired) electrons. The number of esters is 1. The van der Waals surface area contributed by atoms with Crippen molar-refractivity contribution in [2.75, 3.05) is 6.61 Å². The topological polar surface area (TPSA) is 108 Å². The molecule has 1 N–H and O–H groups in total. The molecule has 2 aromatic heterocycles. The standard InChI is InChI=1S/C24H22N2O6/c1-3-14-15-9-13(31-8-7-27)5-6-19(15)25-21-16(14)11-26-20(21)10-18-17(22(26)28)12-32-23(29)24(18,30)4-2/h5-7,9-10,30H,3-4,8,11-12H2,1-2H3. The van der Waals surface area contributed by atoms with Crippen LogP contribution in [-0.2, 0) is 39.5 Å². The van der Waals surface area contributed by atoms with Gasteiger partial charge in [-0.15, -0.1) is 0 Å². The molecule has 1 atom stereocenters. The van der Waals surface area contributed by atoms with E-state index in [9.17, 15) is 19.5 Å². The molecule has 8 heteroatoms. The van der Waals surface area contributed by atoms with Crippen molar-refractivity contribution in [2.24, 2.45) is 0 Å². The van der Waals surface area contributed by atoms with Gasteiger partial charge in [-0.25, -0.2) is 9.78 Å². The quantitative estimate of drug-likeness (QED) is 0.379. The Morgan fingerprint density at radius 3 is 2.78 bits per heavy atom. The van der Waals surface area contributed by atoms with Gasteiger partial charge in [-0.2, -0.15) is 0 Å². The van der Waals surface area contributed by atoms with E-state index in [4.69, 9.17) is 14.5 Å². The number of aryl methyl sites for hydroxylation is 1. The molecule has 8 nitrogen and oxygen atoms in total. The number of benzene rings is 1. The largest absolute Gasteiger partial charge is 0.486 e. The summed E-state index contributed by atoms with van der Waals surface area (Å²) in [7, 11) is 0. The first kappa shape index (κ1) is 20.4. The Balaban J connectivity index is 1.75. The van der Waals surface area contributed by atoms with Gasteiger partial charge in [-0.3, -0.25) is 9.59 Å². The zero-order valence-corrected chi connectivity index (χ0v) is 17.8. The molecule has 0 aliphatic carbocycles. The van der Waals surface area contributed by atoms with E-state index < -0.39 is 11.6 Å². The third-order valence-electron chi connectivity index (χ3n) is 6.45. The molecule has 5 rings (SSSR count). The predicted molar refractivity (Wildman–Crippen MR) is 115 cm³/mol. The van der Waals surface area contributed by atoms with Gasteiger partial charge in [0.1, 0.15) is 19.0 Å². The molecule has 3 aromatic rings. The Morgan fingerprint density at radius 2 is 2.06 bits per heavy atom. The molecule has 1 unspecified atom stereocenters. The van der Waals surface area contributed by atoms with Gasteiger partial charge in [-0.1, -0.05) is 13.8 Å². The van der Waals surface area contributed by atoms with E-state index in [0.29, 0.717) is 47.5 Å². The number of cyclic esters (lactones) is 1. The van der Waals surface area contributed by atoms with Gasteiger partial charge in [-0.05, 0) is 42.7 Å². The van der Waals surface area contributed by atoms with E-state index in [1.807, 2.05) is 19.1 Å². The number of nitrogens with zero attached hydrogens (tertiary/aromatic N) is 2. The number of aliphatic hydroxyl groups is 1. The van der Waals surface area contributed by atoms with Crippen molar-refractivity contribution in [3.05, 3.63) is 56.9 Å². The molecule has 0 amide bonds. The molecule has 0 saturated heterocycles. The SMILES string of the molecule is CCc1c2c(nc3ccc(OCC=O)cc13)-c1cc3c(c(=O)n1C2)COC(=O)C3(O)CC. The first-order valence-corrected chi connectivity index (χ1v) is 10.6. The maximum atomic E-state index is 13.3. The van der Waals surface area contributed by atoms with Crippen molar-refractivity contribution in [2.45, 2.75) is 45.4 Å². The first-order valence-electron chi connectivity index (χ1n) is 10.6.